The largest absolute Gasteiger partial charge is 0.380 e. The second-order valence-corrected chi connectivity index (χ2v) is 6.20. The number of nitrogens with zero attached hydrogens (tertiary/aromatic N) is 3. The molecule has 3 aromatic rings. The zero-order valence-corrected chi connectivity index (χ0v) is 15.5. The van der Waals surface area contributed by atoms with E-state index in [4.69, 9.17) is 4.74 Å². The van der Waals surface area contributed by atoms with Gasteiger partial charge in [0.2, 0.25) is 0 Å². The molecule has 2 aromatic heterocycles. The molecule has 0 radical (unpaired) electrons. The van der Waals surface area contributed by atoms with Crippen LogP contribution < -0.4 is 11.0 Å². The summed E-state index contributed by atoms with van der Waals surface area (Å²) in [5.74, 6) is -0.468. The van der Waals surface area contributed by atoms with Crippen LogP contribution in [-0.4, -0.2) is 28.8 Å². The van der Waals surface area contributed by atoms with Crippen LogP contribution in [0.4, 0.5) is 0 Å². The Kier molecular flexibility index (Phi) is 5.67. The molecule has 0 aliphatic rings. The molecule has 0 saturated carbocycles. The summed E-state index contributed by atoms with van der Waals surface area (Å²) in [6, 6.07) is 11.3. The zero-order chi connectivity index (χ0) is 20.1. The predicted octanol–water partition coefficient (Wildman–Crippen LogP) is 1.81. The number of amides is 1. The number of aryl methyl sites for hydroxylation is 1. The first-order valence-corrected chi connectivity index (χ1v) is 8.55. The van der Waals surface area contributed by atoms with E-state index in [9.17, 15) is 14.9 Å². The van der Waals surface area contributed by atoms with Gasteiger partial charge in [0.1, 0.15) is 18.2 Å². The van der Waals surface area contributed by atoms with Crippen LogP contribution in [0.15, 0.2) is 46.4 Å². The highest BCUT2D eigenvalue weighted by atomic mass is 16.5. The first-order valence-electron chi connectivity index (χ1n) is 8.55. The number of hydrazone groups is 1. The number of pyridine rings is 1. The number of ether oxygens (including phenoxy) is 1. The maximum absolute atomic E-state index is 12.5. The minimum Gasteiger partial charge on any atom is -0.380 e. The average Bonchev–Trinajstić information content (AvgIpc) is 3.09. The van der Waals surface area contributed by atoms with Crippen molar-refractivity contribution in [3.05, 3.63) is 69.3 Å². The van der Waals surface area contributed by atoms with E-state index in [0.717, 1.165) is 16.5 Å². The number of para-hydroxylation sites is 1. The molecule has 8 nitrogen and oxygen atoms in total. The molecule has 0 fully saturated rings. The molecule has 0 atom stereocenters. The molecule has 28 heavy (non-hydrogen) atoms. The van der Waals surface area contributed by atoms with Gasteiger partial charge in [0.25, 0.3) is 11.5 Å². The van der Waals surface area contributed by atoms with Crippen molar-refractivity contribution in [3.63, 3.8) is 0 Å². The van der Waals surface area contributed by atoms with E-state index in [1.807, 2.05) is 30.3 Å². The number of fused-ring (bicyclic) bond motifs is 1. The number of rotatable bonds is 6. The fraction of sp³-hybridized carbons (Fsp3) is 0.200. The fourth-order valence-electron chi connectivity index (χ4n) is 2.97. The van der Waals surface area contributed by atoms with Crippen LogP contribution in [0.3, 0.4) is 0 Å². The highest BCUT2D eigenvalue weighted by molar-refractivity contribution is 5.99. The monoisotopic (exact) mass is 377 g/mol. The van der Waals surface area contributed by atoms with Crippen molar-refractivity contribution < 1.29 is 9.53 Å². The Balaban J connectivity index is 1.75. The summed E-state index contributed by atoms with van der Waals surface area (Å²) in [5, 5.41) is 14.2. The maximum Gasteiger partial charge on any atom is 0.269 e. The van der Waals surface area contributed by atoms with Crippen LogP contribution in [0.25, 0.3) is 10.9 Å². The minimum atomic E-state index is -0.523. The second-order valence-electron chi connectivity index (χ2n) is 6.20. The highest BCUT2D eigenvalue weighted by Gasteiger charge is 2.14. The molecule has 0 saturated heterocycles. The normalized spacial score (nSPS) is 11.0. The van der Waals surface area contributed by atoms with Crippen molar-refractivity contribution in [2.75, 3.05) is 7.11 Å². The van der Waals surface area contributed by atoms with Crippen molar-refractivity contribution in [2.45, 2.75) is 20.1 Å². The molecule has 1 aromatic carbocycles. The lowest BCUT2D eigenvalue weighted by atomic mass is 10.1. The molecule has 0 aliphatic heterocycles. The standard InChI is InChI=1S/C20H19N5O3/c1-13-7-14(12-28-2)17(8-21)20(27)25(13)11-19(26)24-23-10-15-9-22-18-6-4-3-5-16(15)18/h3-7,9-10,22H,11-12H2,1-2H3,(H,24,26). The van der Waals surface area contributed by atoms with Gasteiger partial charge >= 0.3 is 0 Å². The van der Waals surface area contributed by atoms with Crippen LogP contribution in [0.5, 0.6) is 0 Å². The smallest absolute Gasteiger partial charge is 0.269 e. The van der Waals surface area contributed by atoms with E-state index in [0.29, 0.717) is 11.3 Å². The van der Waals surface area contributed by atoms with E-state index in [1.54, 1.807) is 19.2 Å². The maximum atomic E-state index is 12.5. The zero-order valence-electron chi connectivity index (χ0n) is 15.5. The molecule has 0 spiro atoms. The van der Waals surface area contributed by atoms with E-state index < -0.39 is 11.5 Å². The molecule has 0 bridgehead atoms. The molecule has 8 heteroatoms. The predicted molar refractivity (Wildman–Crippen MR) is 105 cm³/mol. The van der Waals surface area contributed by atoms with Gasteiger partial charge in [-0.2, -0.15) is 10.4 Å². The molecule has 0 aliphatic carbocycles. The first-order chi connectivity index (χ1) is 13.5. The van der Waals surface area contributed by atoms with Crippen LogP contribution in [0.1, 0.15) is 22.4 Å². The Labute approximate surface area is 161 Å². The van der Waals surface area contributed by atoms with Gasteiger partial charge in [0.05, 0.1) is 12.8 Å². The number of methoxy groups -OCH3 is 1. The van der Waals surface area contributed by atoms with Gasteiger partial charge < -0.3 is 14.3 Å². The quantitative estimate of drug-likeness (QED) is 0.504. The van der Waals surface area contributed by atoms with Crippen LogP contribution in [0, 0.1) is 18.3 Å². The van der Waals surface area contributed by atoms with Gasteiger partial charge in [-0.3, -0.25) is 9.59 Å². The summed E-state index contributed by atoms with van der Waals surface area (Å²) in [6.45, 7) is 1.61. The van der Waals surface area contributed by atoms with Crippen molar-refractivity contribution in [2.24, 2.45) is 5.10 Å². The van der Waals surface area contributed by atoms with Crippen molar-refractivity contribution in [1.82, 2.24) is 15.0 Å². The summed E-state index contributed by atoms with van der Waals surface area (Å²) in [7, 11) is 1.49. The summed E-state index contributed by atoms with van der Waals surface area (Å²) < 4.78 is 6.26. The third kappa shape index (κ3) is 3.84. The lowest BCUT2D eigenvalue weighted by Crippen LogP contribution is -2.33. The highest BCUT2D eigenvalue weighted by Crippen LogP contribution is 2.15. The number of hydrogen-bond acceptors (Lipinski definition) is 5. The van der Waals surface area contributed by atoms with E-state index >= 15 is 0 Å². The van der Waals surface area contributed by atoms with Gasteiger partial charge in [0.15, 0.2) is 0 Å². The molecular weight excluding hydrogens is 358 g/mol. The number of aromatic nitrogens is 2. The summed E-state index contributed by atoms with van der Waals surface area (Å²) >= 11 is 0. The number of nitrogens with one attached hydrogen (secondary N) is 2. The molecule has 3 rings (SSSR count). The Morgan fingerprint density at radius 3 is 2.96 bits per heavy atom. The van der Waals surface area contributed by atoms with Gasteiger partial charge in [-0.15, -0.1) is 0 Å². The number of nitriles is 1. The van der Waals surface area contributed by atoms with E-state index in [-0.39, 0.29) is 18.7 Å². The van der Waals surface area contributed by atoms with Gasteiger partial charge in [-0.1, -0.05) is 18.2 Å². The van der Waals surface area contributed by atoms with Gasteiger partial charge in [0, 0.05) is 41.0 Å². The topological polar surface area (TPSA) is 112 Å². The Morgan fingerprint density at radius 2 is 2.21 bits per heavy atom. The number of H-pyrrole nitrogens is 1. The Bertz CT molecular complexity index is 1150. The van der Waals surface area contributed by atoms with Crippen LogP contribution >= 0.6 is 0 Å². The number of carbonyl (C=O) groups is 1. The Hall–Kier alpha value is -3.70. The number of carbonyl (C=O) groups excluding carboxylic acids is 1. The molecule has 142 valence electrons. The number of aromatic amines is 1. The van der Waals surface area contributed by atoms with Crippen molar-refractivity contribution in [3.8, 4) is 6.07 Å². The van der Waals surface area contributed by atoms with Crippen LogP contribution in [-0.2, 0) is 22.7 Å². The van der Waals surface area contributed by atoms with Gasteiger partial charge in [-0.25, -0.2) is 5.43 Å². The lowest BCUT2D eigenvalue weighted by Gasteiger charge is -2.12. The van der Waals surface area contributed by atoms with Crippen LogP contribution in [0.2, 0.25) is 0 Å². The number of hydrogen-bond donors (Lipinski definition) is 2. The third-order valence-electron chi connectivity index (χ3n) is 4.32. The fourth-order valence-corrected chi connectivity index (χ4v) is 2.97. The van der Waals surface area contributed by atoms with E-state index in [2.05, 4.69) is 15.5 Å². The second kappa shape index (κ2) is 8.33. The molecular formula is C20H19N5O3. The molecule has 2 N–H and O–H groups in total. The summed E-state index contributed by atoms with van der Waals surface area (Å²) in [5.41, 5.74) is 4.73. The van der Waals surface area contributed by atoms with Crippen molar-refractivity contribution in [1.29, 1.82) is 5.26 Å². The minimum absolute atomic E-state index is 0.0254. The average molecular weight is 377 g/mol. The summed E-state index contributed by atoms with van der Waals surface area (Å²) in [6.07, 6.45) is 3.33. The summed E-state index contributed by atoms with van der Waals surface area (Å²) in [4.78, 5) is 27.9. The molecule has 2 heterocycles. The van der Waals surface area contributed by atoms with Crippen molar-refractivity contribution >= 4 is 23.0 Å². The third-order valence-corrected chi connectivity index (χ3v) is 4.32. The lowest BCUT2D eigenvalue weighted by molar-refractivity contribution is -0.121. The first kappa shape index (κ1) is 19.1. The SMILES string of the molecule is COCc1cc(C)n(CC(=O)NN=Cc2c[nH]c3ccccc23)c(=O)c1C#N. The van der Waals surface area contributed by atoms with Gasteiger partial charge in [-0.05, 0) is 19.1 Å². The van der Waals surface area contributed by atoms with E-state index in [1.165, 1.54) is 17.9 Å². The molecule has 0 unspecified atom stereocenters. The molecule has 1 amide bonds. The Morgan fingerprint density at radius 1 is 1.43 bits per heavy atom. The number of benzene rings is 1.